The standard InChI is InChI=1S/C21H25N3O2S/c1-15-4-2-3-5-18(15)23-21(27)24(13-16-8-10-22-11-9-16)17-6-7-19-20(12-17)26-14-25-19/h6-12,15,18H,2-5,13-14H2,1H3,(H,23,27)/t15-,18+/m0/s1. The molecule has 0 saturated heterocycles. The highest BCUT2D eigenvalue weighted by molar-refractivity contribution is 7.80. The van der Waals surface area contributed by atoms with E-state index in [9.17, 15) is 0 Å². The Morgan fingerprint density at radius 1 is 1.15 bits per heavy atom. The third-order valence-corrected chi connectivity index (χ3v) is 5.76. The molecule has 0 spiro atoms. The summed E-state index contributed by atoms with van der Waals surface area (Å²) in [6.45, 7) is 3.26. The third kappa shape index (κ3) is 4.16. The van der Waals surface area contributed by atoms with Crippen molar-refractivity contribution in [2.75, 3.05) is 11.7 Å². The van der Waals surface area contributed by atoms with Gasteiger partial charge >= 0.3 is 0 Å². The molecule has 2 atom stereocenters. The largest absolute Gasteiger partial charge is 0.454 e. The van der Waals surface area contributed by atoms with Crippen LogP contribution in [0.15, 0.2) is 42.7 Å². The van der Waals surface area contributed by atoms with E-state index in [-0.39, 0.29) is 6.79 Å². The molecule has 1 aliphatic carbocycles. The maximum Gasteiger partial charge on any atom is 0.231 e. The number of nitrogens with zero attached hydrogens (tertiary/aromatic N) is 2. The van der Waals surface area contributed by atoms with Crippen LogP contribution in [0, 0.1) is 5.92 Å². The van der Waals surface area contributed by atoms with E-state index in [1.54, 1.807) is 0 Å². The van der Waals surface area contributed by atoms with Crippen molar-refractivity contribution < 1.29 is 9.47 Å². The van der Waals surface area contributed by atoms with Crippen molar-refractivity contribution in [3.8, 4) is 11.5 Å². The number of rotatable bonds is 4. The Morgan fingerprint density at radius 3 is 2.74 bits per heavy atom. The van der Waals surface area contributed by atoms with Crippen LogP contribution in [0.1, 0.15) is 38.2 Å². The van der Waals surface area contributed by atoms with Gasteiger partial charge in [0.1, 0.15) is 0 Å². The first kappa shape index (κ1) is 18.0. The Kier molecular flexibility index (Phi) is 5.43. The van der Waals surface area contributed by atoms with Crippen LogP contribution in [0.3, 0.4) is 0 Å². The van der Waals surface area contributed by atoms with Crippen LogP contribution < -0.4 is 19.7 Å². The number of anilines is 1. The third-order valence-electron chi connectivity index (χ3n) is 5.42. The number of thiocarbonyl (C=S) groups is 1. The number of hydrogen-bond donors (Lipinski definition) is 1. The predicted octanol–water partition coefficient (Wildman–Crippen LogP) is 4.27. The van der Waals surface area contributed by atoms with Gasteiger partial charge in [0, 0.05) is 30.2 Å². The van der Waals surface area contributed by atoms with Gasteiger partial charge in [-0.25, -0.2) is 0 Å². The van der Waals surface area contributed by atoms with Crippen LogP contribution in [0.4, 0.5) is 5.69 Å². The van der Waals surface area contributed by atoms with E-state index in [0.717, 1.165) is 27.9 Å². The average molecular weight is 384 g/mol. The highest BCUT2D eigenvalue weighted by Gasteiger charge is 2.25. The monoisotopic (exact) mass is 383 g/mol. The van der Waals surface area contributed by atoms with E-state index in [0.29, 0.717) is 18.5 Å². The fraction of sp³-hybridized carbons (Fsp3) is 0.429. The van der Waals surface area contributed by atoms with Crippen molar-refractivity contribution in [3.05, 3.63) is 48.3 Å². The number of pyridine rings is 1. The van der Waals surface area contributed by atoms with Crippen LogP contribution in [-0.2, 0) is 6.54 Å². The van der Waals surface area contributed by atoms with Crippen molar-refractivity contribution in [2.45, 2.75) is 45.2 Å². The molecule has 0 amide bonds. The topological polar surface area (TPSA) is 46.6 Å². The summed E-state index contributed by atoms with van der Waals surface area (Å²) in [6.07, 6.45) is 8.63. The minimum Gasteiger partial charge on any atom is -0.454 e. The lowest BCUT2D eigenvalue weighted by Gasteiger charge is -2.34. The molecule has 1 aromatic heterocycles. The number of fused-ring (bicyclic) bond motifs is 1. The van der Waals surface area contributed by atoms with Crippen LogP contribution in [-0.4, -0.2) is 22.9 Å². The van der Waals surface area contributed by atoms with Gasteiger partial charge in [-0.15, -0.1) is 0 Å². The Balaban J connectivity index is 1.58. The summed E-state index contributed by atoms with van der Waals surface area (Å²) in [5.41, 5.74) is 2.15. The number of ether oxygens (including phenoxy) is 2. The summed E-state index contributed by atoms with van der Waals surface area (Å²) >= 11 is 5.85. The smallest absolute Gasteiger partial charge is 0.231 e. The number of aromatic nitrogens is 1. The van der Waals surface area contributed by atoms with Gasteiger partial charge in [-0.05, 0) is 60.8 Å². The van der Waals surface area contributed by atoms with E-state index in [1.165, 1.54) is 25.7 Å². The first-order chi connectivity index (χ1) is 13.2. The van der Waals surface area contributed by atoms with Gasteiger partial charge in [0.25, 0.3) is 0 Å². The fourth-order valence-electron chi connectivity index (χ4n) is 3.77. The highest BCUT2D eigenvalue weighted by Crippen LogP contribution is 2.36. The SMILES string of the molecule is C[C@H]1CCCC[C@H]1NC(=S)N(Cc1ccncc1)c1ccc2c(c1)OCO2. The lowest BCUT2D eigenvalue weighted by Crippen LogP contribution is -2.47. The van der Waals surface area contributed by atoms with Gasteiger partial charge < -0.3 is 19.7 Å². The van der Waals surface area contributed by atoms with E-state index in [2.05, 4.69) is 22.1 Å². The van der Waals surface area contributed by atoms with E-state index >= 15 is 0 Å². The van der Waals surface area contributed by atoms with Gasteiger partial charge in [0.2, 0.25) is 6.79 Å². The van der Waals surface area contributed by atoms with E-state index in [4.69, 9.17) is 21.7 Å². The molecule has 0 unspecified atom stereocenters. The molecule has 1 fully saturated rings. The molecular weight excluding hydrogens is 358 g/mol. The lowest BCUT2D eigenvalue weighted by molar-refractivity contribution is 0.174. The molecule has 2 aliphatic rings. The zero-order valence-electron chi connectivity index (χ0n) is 15.6. The minimum atomic E-state index is 0.269. The molecule has 2 aromatic rings. The molecule has 4 rings (SSSR count). The van der Waals surface area contributed by atoms with Crippen molar-refractivity contribution in [2.24, 2.45) is 5.92 Å². The van der Waals surface area contributed by atoms with Crippen LogP contribution in [0.5, 0.6) is 11.5 Å². The normalized spacial score (nSPS) is 20.9. The van der Waals surface area contributed by atoms with Gasteiger partial charge in [-0.1, -0.05) is 19.8 Å². The maximum absolute atomic E-state index is 5.85. The molecule has 1 aliphatic heterocycles. The van der Waals surface area contributed by atoms with Crippen LogP contribution in [0.2, 0.25) is 0 Å². The second kappa shape index (κ2) is 8.13. The Labute approximate surface area is 165 Å². The average Bonchev–Trinajstić information content (AvgIpc) is 3.16. The summed E-state index contributed by atoms with van der Waals surface area (Å²) in [5, 5.41) is 4.38. The summed E-state index contributed by atoms with van der Waals surface area (Å²) in [4.78, 5) is 6.25. The molecule has 0 radical (unpaired) electrons. The Hall–Kier alpha value is -2.34. The second-order valence-corrected chi connectivity index (χ2v) is 7.68. The predicted molar refractivity (Wildman–Crippen MR) is 110 cm³/mol. The molecule has 6 heteroatoms. The minimum absolute atomic E-state index is 0.269. The van der Waals surface area contributed by atoms with Crippen molar-refractivity contribution in [1.29, 1.82) is 0 Å². The maximum atomic E-state index is 5.85. The van der Waals surface area contributed by atoms with E-state index < -0.39 is 0 Å². The van der Waals surface area contributed by atoms with Crippen LogP contribution in [0.25, 0.3) is 0 Å². The number of benzene rings is 1. The molecule has 5 nitrogen and oxygen atoms in total. The van der Waals surface area contributed by atoms with E-state index in [1.807, 2.05) is 42.7 Å². The quantitative estimate of drug-likeness (QED) is 0.796. The molecule has 142 valence electrons. The Bertz CT molecular complexity index is 799. The number of hydrogen-bond acceptors (Lipinski definition) is 4. The summed E-state index contributed by atoms with van der Waals surface area (Å²) in [7, 11) is 0. The van der Waals surface area contributed by atoms with Crippen molar-refractivity contribution >= 4 is 23.0 Å². The van der Waals surface area contributed by atoms with Gasteiger partial charge in [-0.2, -0.15) is 0 Å². The van der Waals surface area contributed by atoms with Gasteiger partial charge in [-0.3, -0.25) is 4.98 Å². The molecular formula is C21H25N3O2S. The second-order valence-electron chi connectivity index (χ2n) is 7.30. The first-order valence-corrected chi connectivity index (χ1v) is 9.98. The van der Waals surface area contributed by atoms with Gasteiger partial charge in [0.05, 0.1) is 6.54 Å². The first-order valence-electron chi connectivity index (χ1n) is 9.57. The zero-order chi connectivity index (χ0) is 18.6. The molecule has 2 heterocycles. The van der Waals surface area contributed by atoms with Crippen molar-refractivity contribution in [3.63, 3.8) is 0 Å². The molecule has 1 N–H and O–H groups in total. The summed E-state index contributed by atoms with van der Waals surface area (Å²) < 4.78 is 11.0. The molecule has 1 aromatic carbocycles. The Morgan fingerprint density at radius 2 is 1.93 bits per heavy atom. The zero-order valence-corrected chi connectivity index (χ0v) is 16.4. The van der Waals surface area contributed by atoms with Crippen molar-refractivity contribution in [1.82, 2.24) is 10.3 Å². The number of nitrogens with one attached hydrogen (secondary N) is 1. The highest BCUT2D eigenvalue weighted by atomic mass is 32.1. The molecule has 0 bridgehead atoms. The molecule has 1 saturated carbocycles. The van der Waals surface area contributed by atoms with Crippen LogP contribution >= 0.6 is 12.2 Å². The lowest BCUT2D eigenvalue weighted by atomic mass is 9.86. The fourth-order valence-corrected chi connectivity index (χ4v) is 4.09. The summed E-state index contributed by atoms with van der Waals surface area (Å²) in [5.74, 6) is 2.18. The summed E-state index contributed by atoms with van der Waals surface area (Å²) in [6, 6.07) is 10.5. The molecule has 27 heavy (non-hydrogen) atoms. The van der Waals surface area contributed by atoms with Gasteiger partial charge in [0.15, 0.2) is 16.6 Å².